The minimum absolute atomic E-state index is 0.121. The van der Waals surface area contributed by atoms with E-state index in [1.165, 1.54) is 19.0 Å². The van der Waals surface area contributed by atoms with Gasteiger partial charge in [-0.1, -0.05) is 25.4 Å². The quantitative estimate of drug-likeness (QED) is 0.918. The van der Waals surface area contributed by atoms with Crippen molar-refractivity contribution >= 4 is 29.0 Å². The second kappa shape index (κ2) is 7.13. The Bertz CT molecular complexity index is 726. The Morgan fingerprint density at radius 2 is 1.96 bits per heavy atom. The molecule has 0 bridgehead atoms. The van der Waals surface area contributed by atoms with Crippen LogP contribution in [0.4, 0.5) is 11.5 Å². The molecule has 0 saturated carbocycles. The maximum atomic E-state index is 12.4. The summed E-state index contributed by atoms with van der Waals surface area (Å²) in [4.78, 5) is 27.5. The molecule has 0 aromatic carbocycles. The highest BCUT2D eigenvalue weighted by molar-refractivity contribution is 6.33. The third-order valence-electron chi connectivity index (χ3n) is 3.93. The molecule has 6 nitrogen and oxygen atoms in total. The van der Waals surface area contributed by atoms with Crippen LogP contribution in [0, 0.1) is 0 Å². The van der Waals surface area contributed by atoms with Crippen molar-refractivity contribution in [3.8, 4) is 0 Å². The summed E-state index contributed by atoms with van der Waals surface area (Å²) in [6.45, 7) is 6.00. The SMILES string of the molecule is CC(C)c1ncc(Cl)c(C(=O)Nc2ccc(N3CCCC3)nc2)n1. The average molecular weight is 346 g/mol. The van der Waals surface area contributed by atoms with Gasteiger partial charge in [0.25, 0.3) is 5.91 Å². The molecule has 1 amide bonds. The number of nitrogens with one attached hydrogen (secondary N) is 1. The molecule has 2 aromatic rings. The van der Waals surface area contributed by atoms with Gasteiger partial charge in [0.2, 0.25) is 0 Å². The van der Waals surface area contributed by atoms with E-state index in [0.29, 0.717) is 11.5 Å². The van der Waals surface area contributed by atoms with Gasteiger partial charge in [0.15, 0.2) is 5.69 Å². The Labute approximate surface area is 146 Å². The predicted molar refractivity (Wildman–Crippen MR) is 94.8 cm³/mol. The van der Waals surface area contributed by atoms with Gasteiger partial charge in [0, 0.05) is 19.0 Å². The maximum Gasteiger partial charge on any atom is 0.275 e. The molecule has 3 heterocycles. The third kappa shape index (κ3) is 3.64. The van der Waals surface area contributed by atoms with Gasteiger partial charge in [-0.25, -0.2) is 15.0 Å². The predicted octanol–water partition coefficient (Wildman–Crippen LogP) is 3.50. The van der Waals surface area contributed by atoms with Crippen molar-refractivity contribution in [2.75, 3.05) is 23.3 Å². The highest BCUT2D eigenvalue weighted by Gasteiger charge is 2.17. The van der Waals surface area contributed by atoms with Crippen LogP contribution >= 0.6 is 11.6 Å². The van der Waals surface area contributed by atoms with Crippen LogP contribution in [0.25, 0.3) is 0 Å². The second-order valence-electron chi connectivity index (χ2n) is 6.13. The van der Waals surface area contributed by atoms with Crippen molar-refractivity contribution in [1.82, 2.24) is 15.0 Å². The van der Waals surface area contributed by atoms with Gasteiger partial charge in [-0.15, -0.1) is 0 Å². The van der Waals surface area contributed by atoms with Crippen LogP contribution in [0.5, 0.6) is 0 Å². The molecule has 1 N–H and O–H groups in total. The lowest BCUT2D eigenvalue weighted by Gasteiger charge is -2.16. The lowest BCUT2D eigenvalue weighted by Crippen LogP contribution is -2.19. The molecule has 0 radical (unpaired) electrons. The fraction of sp³-hybridized carbons (Fsp3) is 0.412. The van der Waals surface area contributed by atoms with Crippen LogP contribution in [-0.4, -0.2) is 33.9 Å². The van der Waals surface area contributed by atoms with Gasteiger partial charge >= 0.3 is 0 Å². The molecule has 0 unspecified atom stereocenters. The zero-order chi connectivity index (χ0) is 17.1. The van der Waals surface area contributed by atoms with Gasteiger partial charge < -0.3 is 10.2 Å². The van der Waals surface area contributed by atoms with Gasteiger partial charge in [0.1, 0.15) is 11.6 Å². The summed E-state index contributed by atoms with van der Waals surface area (Å²) in [5, 5.41) is 3.02. The van der Waals surface area contributed by atoms with E-state index in [1.54, 1.807) is 6.20 Å². The monoisotopic (exact) mass is 345 g/mol. The van der Waals surface area contributed by atoms with Gasteiger partial charge in [0.05, 0.1) is 23.1 Å². The molecule has 126 valence electrons. The van der Waals surface area contributed by atoms with E-state index in [4.69, 9.17) is 11.6 Å². The Morgan fingerprint density at radius 3 is 2.58 bits per heavy atom. The zero-order valence-corrected chi connectivity index (χ0v) is 14.5. The number of hydrogen-bond acceptors (Lipinski definition) is 5. The first kappa shape index (κ1) is 16.6. The number of carbonyl (C=O) groups is 1. The zero-order valence-electron chi connectivity index (χ0n) is 13.8. The summed E-state index contributed by atoms with van der Waals surface area (Å²) >= 11 is 6.07. The number of aromatic nitrogens is 3. The highest BCUT2D eigenvalue weighted by atomic mass is 35.5. The summed E-state index contributed by atoms with van der Waals surface area (Å²) in [6.07, 6.45) is 5.52. The number of carbonyl (C=O) groups excluding carboxylic acids is 1. The summed E-state index contributed by atoms with van der Waals surface area (Å²) in [5.41, 5.74) is 0.794. The van der Waals surface area contributed by atoms with Gasteiger partial charge in [-0.05, 0) is 25.0 Å². The fourth-order valence-electron chi connectivity index (χ4n) is 2.60. The Balaban J connectivity index is 1.73. The van der Waals surface area contributed by atoms with Crippen LogP contribution in [0.15, 0.2) is 24.5 Å². The highest BCUT2D eigenvalue weighted by Crippen LogP contribution is 2.21. The van der Waals surface area contributed by atoms with Crippen molar-refractivity contribution < 1.29 is 4.79 Å². The van der Waals surface area contributed by atoms with Crippen molar-refractivity contribution in [2.24, 2.45) is 0 Å². The Hall–Kier alpha value is -2.21. The van der Waals surface area contributed by atoms with E-state index < -0.39 is 0 Å². The van der Waals surface area contributed by atoms with E-state index >= 15 is 0 Å². The molecule has 1 aliphatic rings. The maximum absolute atomic E-state index is 12.4. The van der Waals surface area contributed by atoms with Gasteiger partial charge in [-0.3, -0.25) is 4.79 Å². The third-order valence-corrected chi connectivity index (χ3v) is 4.21. The summed E-state index contributed by atoms with van der Waals surface area (Å²) in [5.74, 6) is 1.29. The van der Waals surface area contributed by atoms with Crippen molar-refractivity contribution in [1.29, 1.82) is 0 Å². The average Bonchev–Trinajstić information content (AvgIpc) is 3.10. The number of halogens is 1. The van der Waals surface area contributed by atoms with E-state index in [-0.39, 0.29) is 22.5 Å². The normalized spacial score (nSPS) is 14.2. The first-order chi connectivity index (χ1) is 11.5. The van der Waals surface area contributed by atoms with E-state index in [9.17, 15) is 4.79 Å². The molecule has 3 rings (SSSR count). The lowest BCUT2D eigenvalue weighted by atomic mass is 10.2. The topological polar surface area (TPSA) is 71.0 Å². The molecule has 0 spiro atoms. The number of hydrogen-bond donors (Lipinski definition) is 1. The molecular weight excluding hydrogens is 326 g/mol. The molecule has 0 atom stereocenters. The smallest absolute Gasteiger partial charge is 0.275 e. The largest absolute Gasteiger partial charge is 0.357 e. The minimum atomic E-state index is -0.361. The first-order valence-electron chi connectivity index (χ1n) is 8.09. The van der Waals surface area contributed by atoms with Crippen molar-refractivity contribution in [2.45, 2.75) is 32.6 Å². The molecular formula is C17H20ClN5O. The van der Waals surface area contributed by atoms with E-state index in [0.717, 1.165) is 18.9 Å². The Morgan fingerprint density at radius 1 is 1.21 bits per heavy atom. The molecule has 0 aliphatic carbocycles. The number of anilines is 2. The Kier molecular flexibility index (Phi) is 4.94. The minimum Gasteiger partial charge on any atom is -0.357 e. The molecule has 1 fully saturated rings. The molecule has 2 aromatic heterocycles. The molecule has 24 heavy (non-hydrogen) atoms. The van der Waals surface area contributed by atoms with Crippen LogP contribution in [0.3, 0.4) is 0 Å². The van der Waals surface area contributed by atoms with E-state index in [2.05, 4.69) is 25.2 Å². The number of pyridine rings is 1. The standard InChI is InChI=1S/C17H20ClN5O/c1-11(2)16-20-10-13(18)15(22-16)17(24)21-12-5-6-14(19-9-12)23-7-3-4-8-23/h5-6,9-11H,3-4,7-8H2,1-2H3,(H,21,24). The van der Waals surface area contributed by atoms with Crippen molar-refractivity contribution in [3.63, 3.8) is 0 Å². The van der Waals surface area contributed by atoms with Crippen LogP contribution < -0.4 is 10.2 Å². The van der Waals surface area contributed by atoms with Crippen LogP contribution in [0.2, 0.25) is 5.02 Å². The summed E-state index contributed by atoms with van der Waals surface area (Å²) in [6, 6.07) is 3.76. The number of amides is 1. The number of nitrogens with zero attached hydrogens (tertiary/aromatic N) is 4. The summed E-state index contributed by atoms with van der Waals surface area (Å²) < 4.78 is 0. The van der Waals surface area contributed by atoms with Crippen molar-refractivity contribution in [3.05, 3.63) is 41.1 Å². The van der Waals surface area contributed by atoms with Crippen LogP contribution in [0.1, 0.15) is 48.9 Å². The lowest BCUT2D eigenvalue weighted by molar-refractivity contribution is 0.102. The molecule has 7 heteroatoms. The first-order valence-corrected chi connectivity index (χ1v) is 8.47. The molecule has 1 saturated heterocycles. The number of rotatable bonds is 4. The molecule has 1 aliphatic heterocycles. The van der Waals surface area contributed by atoms with E-state index in [1.807, 2.05) is 26.0 Å². The summed E-state index contributed by atoms with van der Waals surface area (Å²) in [7, 11) is 0. The second-order valence-corrected chi connectivity index (χ2v) is 6.54. The van der Waals surface area contributed by atoms with Gasteiger partial charge in [-0.2, -0.15) is 0 Å². The fourth-order valence-corrected chi connectivity index (χ4v) is 2.78. The van der Waals surface area contributed by atoms with Crippen LogP contribution in [-0.2, 0) is 0 Å².